The molecule has 1 saturated carbocycles. The average molecular weight is 472 g/mol. The Bertz CT molecular complexity index is 1500. The molecule has 178 valence electrons. The summed E-state index contributed by atoms with van der Waals surface area (Å²) in [5.74, 6) is 0.635. The third-order valence-corrected chi connectivity index (χ3v) is 7.09. The maximum atomic E-state index is 15.3. The first kappa shape index (κ1) is 21.7. The molecule has 0 spiro atoms. The lowest BCUT2D eigenvalue weighted by atomic mass is 10.0. The number of aromatic nitrogens is 4. The van der Waals surface area contributed by atoms with Gasteiger partial charge in [-0.25, -0.2) is 18.9 Å². The molecule has 0 bridgehead atoms. The molecule has 0 radical (unpaired) electrons. The van der Waals surface area contributed by atoms with Crippen molar-refractivity contribution in [3.63, 3.8) is 0 Å². The molecule has 1 N–H and O–H groups in total. The Morgan fingerprint density at radius 3 is 2.69 bits per heavy atom. The maximum Gasteiger partial charge on any atom is 0.348 e. The van der Waals surface area contributed by atoms with E-state index in [0.29, 0.717) is 18.8 Å². The van der Waals surface area contributed by atoms with Crippen LogP contribution in [0.3, 0.4) is 0 Å². The van der Waals surface area contributed by atoms with Crippen molar-refractivity contribution in [2.45, 2.75) is 32.6 Å². The fraction of sp³-hybridized carbons (Fsp3) is 0.333. The number of nitrogens with zero attached hydrogens (tertiary/aromatic N) is 4. The number of hydrogen-bond acceptors (Lipinski definition) is 4. The lowest BCUT2D eigenvalue weighted by molar-refractivity contribution is -0.131. The quantitative estimate of drug-likeness (QED) is 0.477. The van der Waals surface area contributed by atoms with E-state index in [4.69, 9.17) is 0 Å². The molecule has 8 heteroatoms. The monoisotopic (exact) mass is 471 g/mol. The van der Waals surface area contributed by atoms with Gasteiger partial charge in [-0.2, -0.15) is 5.10 Å². The minimum Gasteiger partial charge on any atom is -0.342 e. The van der Waals surface area contributed by atoms with Crippen molar-refractivity contribution in [2.75, 3.05) is 13.1 Å². The molecular formula is C27H26FN5O2. The number of pyridine rings is 1. The van der Waals surface area contributed by atoms with Gasteiger partial charge in [-0.05, 0) is 73.6 Å². The predicted molar refractivity (Wildman–Crippen MR) is 131 cm³/mol. The van der Waals surface area contributed by atoms with Crippen molar-refractivity contribution in [3.05, 3.63) is 76.4 Å². The number of hydrogen-bond donors (Lipinski definition) is 1. The molecule has 0 unspecified atom stereocenters. The Hall–Kier alpha value is -3.81. The third-order valence-electron chi connectivity index (χ3n) is 7.09. The van der Waals surface area contributed by atoms with Crippen LogP contribution in [0, 0.1) is 24.6 Å². The van der Waals surface area contributed by atoms with Gasteiger partial charge in [0, 0.05) is 36.5 Å². The minimum absolute atomic E-state index is 0.171. The number of nitrogens with one attached hydrogen (secondary N) is 1. The molecule has 1 aliphatic heterocycles. The smallest absolute Gasteiger partial charge is 0.342 e. The molecule has 6 rings (SSSR count). The number of H-pyrrole nitrogens is 1. The van der Waals surface area contributed by atoms with E-state index >= 15 is 4.39 Å². The van der Waals surface area contributed by atoms with E-state index < -0.39 is 11.5 Å². The van der Waals surface area contributed by atoms with Gasteiger partial charge in [-0.15, -0.1) is 0 Å². The van der Waals surface area contributed by atoms with Gasteiger partial charge in [0.25, 0.3) is 0 Å². The van der Waals surface area contributed by atoms with Crippen LogP contribution in [-0.2, 0) is 11.2 Å². The van der Waals surface area contributed by atoms with Crippen LogP contribution in [0.15, 0.2) is 53.3 Å². The first-order valence-electron chi connectivity index (χ1n) is 12.1. The number of aryl methyl sites for hydroxylation is 1. The van der Waals surface area contributed by atoms with Crippen LogP contribution in [0.4, 0.5) is 4.39 Å². The molecule has 4 aromatic rings. The third kappa shape index (κ3) is 4.13. The fourth-order valence-corrected chi connectivity index (χ4v) is 5.04. The Labute approximate surface area is 201 Å². The molecule has 2 aromatic carbocycles. The first-order valence-corrected chi connectivity index (χ1v) is 12.1. The summed E-state index contributed by atoms with van der Waals surface area (Å²) in [4.78, 5) is 31.4. The van der Waals surface area contributed by atoms with Crippen LogP contribution in [-0.4, -0.2) is 43.6 Å². The molecule has 1 saturated heterocycles. The standard InChI is InChI=1S/C27H26FN5O2/c1-16-2-3-21-13-19(6-8-23(21)29-16)20-7-9-24(22(28)14-20)33-25(30-31-27(33)35)12-17-10-11-32(15-17)26(34)18-4-5-18/h2-3,6-9,13-14,17-18H,4-5,10-12,15H2,1H3,(H,31,35)/t17-/m0/s1. The highest BCUT2D eigenvalue weighted by Gasteiger charge is 2.37. The van der Waals surface area contributed by atoms with E-state index in [9.17, 15) is 9.59 Å². The van der Waals surface area contributed by atoms with E-state index in [0.717, 1.165) is 53.5 Å². The summed E-state index contributed by atoms with van der Waals surface area (Å²) in [6.07, 6.45) is 3.34. The van der Waals surface area contributed by atoms with Gasteiger partial charge in [0.05, 0.1) is 11.2 Å². The lowest BCUT2D eigenvalue weighted by Crippen LogP contribution is -2.30. The average Bonchev–Trinajstić information content (AvgIpc) is 3.50. The van der Waals surface area contributed by atoms with Crippen molar-refractivity contribution in [3.8, 4) is 16.8 Å². The zero-order valence-electron chi connectivity index (χ0n) is 19.5. The summed E-state index contributed by atoms with van der Waals surface area (Å²) < 4.78 is 16.7. The Kier molecular flexibility index (Phi) is 5.24. The SMILES string of the molecule is Cc1ccc2cc(-c3ccc(-n4c(C[C@@H]5CCN(C(=O)C6CC6)C5)n[nH]c4=O)c(F)c3)ccc2n1. The van der Waals surface area contributed by atoms with Crippen LogP contribution in [0.1, 0.15) is 30.8 Å². The van der Waals surface area contributed by atoms with Crippen LogP contribution < -0.4 is 5.69 Å². The highest BCUT2D eigenvalue weighted by atomic mass is 19.1. The molecule has 3 heterocycles. The fourth-order valence-electron chi connectivity index (χ4n) is 5.04. The van der Waals surface area contributed by atoms with Crippen LogP contribution >= 0.6 is 0 Å². The van der Waals surface area contributed by atoms with Gasteiger partial charge in [0.1, 0.15) is 11.6 Å². The Morgan fingerprint density at radius 2 is 1.89 bits per heavy atom. The number of carbonyl (C=O) groups is 1. The lowest BCUT2D eigenvalue weighted by Gasteiger charge is -2.16. The van der Waals surface area contributed by atoms with Crippen LogP contribution in [0.25, 0.3) is 27.7 Å². The summed E-state index contributed by atoms with van der Waals surface area (Å²) >= 11 is 0. The maximum absolute atomic E-state index is 15.3. The van der Waals surface area contributed by atoms with E-state index in [1.807, 2.05) is 48.2 Å². The second-order valence-electron chi connectivity index (χ2n) is 9.72. The molecule has 1 amide bonds. The summed E-state index contributed by atoms with van der Waals surface area (Å²) in [6, 6.07) is 14.7. The number of aromatic amines is 1. The van der Waals surface area contributed by atoms with Gasteiger partial charge in [0.15, 0.2) is 0 Å². The van der Waals surface area contributed by atoms with E-state index in [1.54, 1.807) is 6.07 Å². The van der Waals surface area contributed by atoms with Gasteiger partial charge < -0.3 is 4.90 Å². The minimum atomic E-state index is -0.494. The first-order chi connectivity index (χ1) is 17.0. The van der Waals surface area contributed by atoms with Crippen molar-refractivity contribution >= 4 is 16.8 Å². The molecule has 2 aliphatic rings. The Morgan fingerprint density at radius 1 is 1.09 bits per heavy atom. The summed E-state index contributed by atoms with van der Waals surface area (Å²) in [5.41, 5.74) is 3.13. The van der Waals surface area contributed by atoms with Crippen molar-refractivity contribution < 1.29 is 9.18 Å². The molecule has 1 aliphatic carbocycles. The van der Waals surface area contributed by atoms with E-state index in [1.165, 1.54) is 10.6 Å². The van der Waals surface area contributed by atoms with Crippen LogP contribution in [0.5, 0.6) is 0 Å². The molecular weight excluding hydrogens is 445 g/mol. The summed E-state index contributed by atoms with van der Waals surface area (Å²) in [5, 5.41) is 7.64. The number of rotatable bonds is 5. The second kappa shape index (κ2) is 8.45. The number of carbonyl (C=O) groups excluding carboxylic acids is 1. The van der Waals surface area contributed by atoms with Gasteiger partial charge >= 0.3 is 5.69 Å². The molecule has 35 heavy (non-hydrogen) atoms. The number of halogens is 1. The van der Waals surface area contributed by atoms with Gasteiger partial charge in [0.2, 0.25) is 5.91 Å². The van der Waals surface area contributed by atoms with Crippen molar-refractivity contribution in [1.29, 1.82) is 0 Å². The molecule has 2 fully saturated rings. The number of fused-ring (bicyclic) bond motifs is 1. The highest BCUT2D eigenvalue weighted by Crippen LogP contribution is 2.33. The number of likely N-dealkylation sites (tertiary alicyclic amines) is 1. The molecule has 7 nitrogen and oxygen atoms in total. The zero-order valence-corrected chi connectivity index (χ0v) is 19.5. The van der Waals surface area contributed by atoms with Gasteiger partial charge in [-0.3, -0.25) is 9.78 Å². The van der Waals surface area contributed by atoms with E-state index in [-0.39, 0.29) is 23.4 Å². The number of benzene rings is 2. The van der Waals surface area contributed by atoms with Crippen molar-refractivity contribution in [2.24, 2.45) is 11.8 Å². The topological polar surface area (TPSA) is 83.9 Å². The highest BCUT2D eigenvalue weighted by molar-refractivity contribution is 5.84. The van der Waals surface area contributed by atoms with Crippen molar-refractivity contribution in [1.82, 2.24) is 24.6 Å². The Balaban J connectivity index is 1.26. The summed E-state index contributed by atoms with van der Waals surface area (Å²) in [6.45, 7) is 3.34. The van der Waals surface area contributed by atoms with Crippen LogP contribution in [0.2, 0.25) is 0 Å². The normalized spacial score (nSPS) is 17.9. The van der Waals surface area contributed by atoms with Gasteiger partial charge in [-0.1, -0.05) is 18.2 Å². The second-order valence-corrected chi connectivity index (χ2v) is 9.72. The van der Waals surface area contributed by atoms with E-state index in [2.05, 4.69) is 15.2 Å². The number of amides is 1. The summed E-state index contributed by atoms with van der Waals surface area (Å²) in [7, 11) is 0. The largest absolute Gasteiger partial charge is 0.348 e. The molecule has 1 atom stereocenters. The molecule has 2 aromatic heterocycles. The zero-order chi connectivity index (χ0) is 24.1. The predicted octanol–water partition coefficient (Wildman–Crippen LogP) is 4.02.